The number of rotatable bonds is 3. The summed E-state index contributed by atoms with van der Waals surface area (Å²) in [5.74, 6) is 0.930. The highest BCUT2D eigenvalue weighted by Crippen LogP contribution is 2.15. The molecule has 2 heteroatoms. The van der Waals surface area contributed by atoms with Gasteiger partial charge in [0.25, 0.3) is 0 Å². The van der Waals surface area contributed by atoms with Gasteiger partial charge in [-0.15, -0.1) is 0 Å². The molecular weight excluding hydrogens is 148 g/mol. The number of nitrogens with zero attached hydrogens (tertiary/aromatic N) is 1. The Kier molecular flexibility index (Phi) is 4.02. The lowest BCUT2D eigenvalue weighted by molar-refractivity contribution is 0.182. The van der Waals surface area contributed by atoms with Crippen molar-refractivity contribution in [3.63, 3.8) is 0 Å². The molecule has 0 spiro atoms. The maximum absolute atomic E-state index is 5.90. The Morgan fingerprint density at radius 1 is 1.42 bits per heavy atom. The number of hydrogen-bond donors (Lipinski definition) is 1. The molecule has 0 aromatic heterocycles. The van der Waals surface area contributed by atoms with Gasteiger partial charge in [0.1, 0.15) is 0 Å². The molecule has 1 fully saturated rings. The van der Waals surface area contributed by atoms with Crippen molar-refractivity contribution in [1.29, 1.82) is 0 Å². The van der Waals surface area contributed by atoms with Crippen LogP contribution in [0.3, 0.4) is 0 Å². The molecule has 1 aliphatic rings. The van der Waals surface area contributed by atoms with Crippen LogP contribution in [0.1, 0.15) is 33.1 Å². The summed E-state index contributed by atoms with van der Waals surface area (Å²) in [5.41, 5.74) is 5.90. The van der Waals surface area contributed by atoms with Crippen molar-refractivity contribution >= 4 is 0 Å². The molecule has 0 radical (unpaired) electrons. The summed E-state index contributed by atoms with van der Waals surface area (Å²) >= 11 is 0. The average Bonchev–Trinajstić information content (AvgIpc) is 2.09. The van der Waals surface area contributed by atoms with Gasteiger partial charge < -0.3 is 10.6 Å². The first kappa shape index (κ1) is 10.0. The highest BCUT2D eigenvalue weighted by molar-refractivity contribution is 4.73. The highest BCUT2D eigenvalue weighted by atomic mass is 15.1. The Labute approximate surface area is 76.1 Å². The zero-order valence-corrected chi connectivity index (χ0v) is 8.42. The Bertz CT molecular complexity index is 117. The number of likely N-dealkylation sites (tertiary alicyclic amines) is 1. The highest BCUT2D eigenvalue weighted by Gasteiger charge is 2.16. The van der Waals surface area contributed by atoms with E-state index in [-0.39, 0.29) is 0 Å². The van der Waals surface area contributed by atoms with Gasteiger partial charge in [-0.2, -0.15) is 0 Å². The van der Waals surface area contributed by atoms with Crippen LogP contribution < -0.4 is 5.73 Å². The molecule has 0 amide bonds. The van der Waals surface area contributed by atoms with Gasteiger partial charge in [-0.3, -0.25) is 0 Å². The summed E-state index contributed by atoms with van der Waals surface area (Å²) in [6, 6.07) is 0.387. The molecule has 2 nitrogen and oxygen atoms in total. The lowest BCUT2D eigenvalue weighted by atomic mass is 9.99. The summed E-state index contributed by atoms with van der Waals surface area (Å²) in [6.07, 6.45) is 3.82. The lowest BCUT2D eigenvalue weighted by Gasteiger charge is -2.31. The first-order valence-electron chi connectivity index (χ1n) is 5.20. The predicted molar refractivity (Wildman–Crippen MR) is 53.1 cm³/mol. The third-order valence-corrected chi connectivity index (χ3v) is 2.89. The van der Waals surface area contributed by atoms with Crippen molar-refractivity contribution < 1.29 is 0 Å². The molecule has 0 saturated carbocycles. The molecule has 12 heavy (non-hydrogen) atoms. The zero-order valence-electron chi connectivity index (χ0n) is 8.42. The number of piperidine rings is 1. The minimum Gasteiger partial charge on any atom is -0.327 e. The van der Waals surface area contributed by atoms with E-state index >= 15 is 0 Å². The summed E-state index contributed by atoms with van der Waals surface area (Å²) in [4.78, 5) is 2.51. The fourth-order valence-electron chi connectivity index (χ4n) is 1.71. The third kappa shape index (κ3) is 3.11. The van der Waals surface area contributed by atoms with Gasteiger partial charge in [-0.1, -0.05) is 13.8 Å². The van der Waals surface area contributed by atoms with Crippen LogP contribution in [-0.4, -0.2) is 30.6 Å². The fourth-order valence-corrected chi connectivity index (χ4v) is 1.71. The minimum atomic E-state index is 0.387. The van der Waals surface area contributed by atoms with Gasteiger partial charge in [-0.05, 0) is 38.3 Å². The van der Waals surface area contributed by atoms with Gasteiger partial charge in [0.05, 0.1) is 0 Å². The van der Waals surface area contributed by atoms with Crippen LogP contribution in [0.2, 0.25) is 0 Å². The zero-order chi connectivity index (χ0) is 8.97. The van der Waals surface area contributed by atoms with Crippen LogP contribution >= 0.6 is 0 Å². The molecule has 1 saturated heterocycles. The van der Waals surface area contributed by atoms with Gasteiger partial charge in [0, 0.05) is 12.6 Å². The van der Waals surface area contributed by atoms with Crippen LogP contribution in [0.5, 0.6) is 0 Å². The maximum Gasteiger partial charge on any atom is 0.0165 e. The second-order valence-electron chi connectivity index (χ2n) is 4.15. The molecule has 72 valence electrons. The van der Waals surface area contributed by atoms with E-state index < -0.39 is 0 Å². The number of nitrogens with two attached hydrogens (primary N) is 1. The Balaban J connectivity index is 2.17. The van der Waals surface area contributed by atoms with Crippen LogP contribution in [0.25, 0.3) is 0 Å². The van der Waals surface area contributed by atoms with Crippen molar-refractivity contribution in [3.05, 3.63) is 0 Å². The van der Waals surface area contributed by atoms with Crippen molar-refractivity contribution in [1.82, 2.24) is 4.90 Å². The van der Waals surface area contributed by atoms with Crippen LogP contribution in [0, 0.1) is 5.92 Å². The molecule has 1 atom stereocenters. The largest absolute Gasteiger partial charge is 0.327 e. The summed E-state index contributed by atoms with van der Waals surface area (Å²) in [6.45, 7) is 8.13. The number of hydrogen-bond acceptors (Lipinski definition) is 2. The summed E-state index contributed by atoms with van der Waals surface area (Å²) < 4.78 is 0. The summed E-state index contributed by atoms with van der Waals surface area (Å²) in [5, 5.41) is 0. The van der Waals surface area contributed by atoms with Gasteiger partial charge in [0.2, 0.25) is 0 Å². The molecule has 0 aromatic carbocycles. The summed E-state index contributed by atoms with van der Waals surface area (Å²) in [7, 11) is 0. The average molecular weight is 170 g/mol. The smallest absolute Gasteiger partial charge is 0.0165 e. The van der Waals surface area contributed by atoms with Gasteiger partial charge in [-0.25, -0.2) is 0 Å². The third-order valence-electron chi connectivity index (χ3n) is 2.89. The van der Waals surface area contributed by atoms with E-state index in [9.17, 15) is 0 Å². The van der Waals surface area contributed by atoms with Crippen LogP contribution in [0.4, 0.5) is 0 Å². The standard InChI is InChI=1S/C10H22N2/c1-3-10(11)8-12-6-4-9(2)5-7-12/h9-10H,3-8,11H2,1-2H3/t10-/m0/s1. The molecule has 0 aromatic rings. The monoisotopic (exact) mass is 170 g/mol. The molecule has 1 heterocycles. The van der Waals surface area contributed by atoms with Crippen molar-refractivity contribution in [3.8, 4) is 0 Å². The fraction of sp³-hybridized carbons (Fsp3) is 1.00. The van der Waals surface area contributed by atoms with Gasteiger partial charge in [0.15, 0.2) is 0 Å². The van der Waals surface area contributed by atoms with Crippen LogP contribution in [-0.2, 0) is 0 Å². The minimum absolute atomic E-state index is 0.387. The molecule has 0 unspecified atom stereocenters. The van der Waals surface area contributed by atoms with E-state index in [1.54, 1.807) is 0 Å². The second-order valence-corrected chi connectivity index (χ2v) is 4.15. The molecule has 1 aliphatic heterocycles. The van der Waals surface area contributed by atoms with Crippen molar-refractivity contribution in [2.75, 3.05) is 19.6 Å². The SMILES string of the molecule is CC[C@H](N)CN1CCC(C)CC1. The molecule has 1 rings (SSSR count). The normalized spacial score (nSPS) is 24.2. The van der Waals surface area contributed by atoms with Gasteiger partial charge >= 0.3 is 0 Å². The van der Waals surface area contributed by atoms with E-state index in [0.717, 1.165) is 18.9 Å². The lowest BCUT2D eigenvalue weighted by Crippen LogP contribution is -2.41. The maximum atomic E-state index is 5.90. The van der Waals surface area contributed by atoms with E-state index in [1.807, 2.05) is 0 Å². The van der Waals surface area contributed by atoms with E-state index in [0.29, 0.717) is 6.04 Å². The first-order chi connectivity index (χ1) is 5.72. The molecule has 2 N–H and O–H groups in total. The first-order valence-corrected chi connectivity index (χ1v) is 5.20. The van der Waals surface area contributed by atoms with Crippen molar-refractivity contribution in [2.45, 2.75) is 39.2 Å². The van der Waals surface area contributed by atoms with E-state index in [4.69, 9.17) is 5.73 Å². The molecule has 0 aliphatic carbocycles. The second kappa shape index (κ2) is 4.83. The molecule has 0 bridgehead atoms. The Morgan fingerprint density at radius 3 is 2.50 bits per heavy atom. The quantitative estimate of drug-likeness (QED) is 0.694. The van der Waals surface area contributed by atoms with Crippen LogP contribution in [0.15, 0.2) is 0 Å². The Hall–Kier alpha value is -0.0800. The Morgan fingerprint density at radius 2 is 2.00 bits per heavy atom. The molecular formula is C10H22N2. The topological polar surface area (TPSA) is 29.3 Å². The predicted octanol–water partition coefficient (Wildman–Crippen LogP) is 1.46. The van der Waals surface area contributed by atoms with Crippen molar-refractivity contribution in [2.24, 2.45) is 11.7 Å². The van der Waals surface area contributed by atoms with E-state index in [1.165, 1.54) is 25.9 Å². The van der Waals surface area contributed by atoms with E-state index in [2.05, 4.69) is 18.7 Å².